The Hall–Kier alpha value is -1.11. The van der Waals surface area contributed by atoms with E-state index < -0.39 is 77.1 Å². The summed E-state index contributed by atoms with van der Waals surface area (Å²) in [5.74, 6) is -0.628. The molecule has 0 aromatic carbocycles. The number of hydrogen-bond acceptors (Lipinski definition) is 10. The van der Waals surface area contributed by atoms with Gasteiger partial charge in [-0.1, -0.05) is 60.1 Å². The quantitative estimate of drug-likeness (QED) is 0.175. The second-order valence-corrected chi connectivity index (χ2v) is 18.3. The molecule has 6 rings (SSSR count). The highest BCUT2D eigenvalue weighted by Crippen LogP contribution is 2.75. The first-order valence-electron chi connectivity index (χ1n) is 18.0. The van der Waals surface area contributed by atoms with Gasteiger partial charge in [-0.2, -0.15) is 0 Å². The Balaban J connectivity index is 1.38. The van der Waals surface area contributed by atoms with Gasteiger partial charge in [0, 0.05) is 12.5 Å². The number of esters is 1. The second-order valence-electron chi connectivity index (χ2n) is 18.3. The Morgan fingerprint density at radius 2 is 1.51 bits per heavy atom. The SMILES string of the molecule is CC1(C)CC[C@]2(C(=O)O[C@@H]3O[C@H](CCO)[C@@H](O)[C@H](O)[C@H]3O)CC[C@]3(C)C(=CC[C@@H]4[C@@]5(C)C[C@@H](O)[C@H](O)C(C)(C)[C@@H]5CC[C@]43C)[C@@H]2[C@@H]1O. The number of aliphatic hydroxyl groups is 7. The van der Waals surface area contributed by atoms with E-state index in [1.165, 1.54) is 0 Å². The van der Waals surface area contributed by atoms with Crippen LogP contribution in [-0.2, 0) is 14.3 Å². The molecule has 1 heterocycles. The van der Waals surface area contributed by atoms with Crippen molar-refractivity contribution in [2.45, 2.75) is 155 Å². The molecule has 10 nitrogen and oxygen atoms in total. The van der Waals surface area contributed by atoms with Crippen LogP contribution in [0.15, 0.2) is 11.6 Å². The van der Waals surface area contributed by atoms with Crippen molar-refractivity contribution >= 4 is 5.97 Å². The number of carbonyl (C=O) groups excluding carboxylic acids is 1. The minimum Gasteiger partial charge on any atom is -0.432 e. The molecule has 0 radical (unpaired) electrons. The number of hydrogen-bond donors (Lipinski definition) is 7. The monoisotopic (exact) mass is 664 g/mol. The minimum absolute atomic E-state index is 0.00237. The van der Waals surface area contributed by atoms with Crippen molar-refractivity contribution in [3.63, 3.8) is 0 Å². The standard InChI is InChI=1S/C37H60O10/c1-32(2)13-15-37(31(45)47-30-27(42)26(41)25(40)21(46-30)11-17-38)16-14-35(6)19(24(37)29(32)44)8-9-23-34(5)18-20(39)28(43)33(3,4)22(34)10-12-36(23,35)7/h8,20-30,38-44H,9-18H2,1-7H3/t20-,21-,22+,23-,24-,25-,26+,27-,28+,29+,30+,34+,35-,36-,37+/m1/s1. The first-order chi connectivity index (χ1) is 21.7. The first-order valence-corrected chi connectivity index (χ1v) is 18.0. The van der Waals surface area contributed by atoms with E-state index in [1.54, 1.807) is 0 Å². The zero-order valence-electron chi connectivity index (χ0n) is 29.4. The third-order valence-electron chi connectivity index (χ3n) is 15.5. The fourth-order valence-corrected chi connectivity index (χ4v) is 12.3. The highest BCUT2D eigenvalue weighted by molar-refractivity contribution is 5.79. The molecule has 47 heavy (non-hydrogen) atoms. The lowest BCUT2D eigenvalue weighted by Crippen LogP contribution is -2.68. The Labute approximate surface area is 279 Å². The Morgan fingerprint density at radius 3 is 2.17 bits per heavy atom. The van der Waals surface area contributed by atoms with E-state index in [1.807, 2.05) is 13.8 Å². The van der Waals surface area contributed by atoms with Crippen molar-refractivity contribution in [2.24, 2.45) is 50.2 Å². The molecule has 15 atom stereocenters. The molecule has 0 aromatic rings. The smallest absolute Gasteiger partial charge is 0.315 e. The Kier molecular flexibility index (Phi) is 8.70. The van der Waals surface area contributed by atoms with Crippen LogP contribution in [0.2, 0.25) is 0 Å². The number of aliphatic hydroxyl groups excluding tert-OH is 7. The van der Waals surface area contributed by atoms with Crippen LogP contribution >= 0.6 is 0 Å². The molecule has 0 aromatic heterocycles. The first kappa shape index (κ1) is 35.7. The molecule has 7 N–H and O–H groups in total. The zero-order valence-corrected chi connectivity index (χ0v) is 29.4. The molecule has 0 bridgehead atoms. The van der Waals surface area contributed by atoms with Crippen LogP contribution in [0.25, 0.3) is 0 Å². The van der Waals surface area contributed by atoms with Crippen molar-refractivity contribution < 1.29 is 50.0 Å². The van der Waals surface area contributed by atoms with Gasteiger partial charge in [-0.15, -0.1) is 0 Å². The summed E-state index contributed by atoms with van der Waals surface area (Å²) in [5.41, 5.74) is -1.60. The van der Waals surface area contributed by atoms with E-state index in [0.29, 0.717) is 32.1 Å². The summed E-state index contributed by atoms with van der Waals surface area (Å²) in [6.07, 6.45) is -1.98. The number of fused-ring (bicyclic) bond motifs is 7. The van der Waals surface area contributed by atoms with E-state index >= 15 is 0 Å². The van der Waals surface area contributed by atoms with Gasteiger partial charge in [0.15, 0.2) is 0 Å². The van der Waals surface area contributed by atoms with Crippen LogP contribution in [0.3, 0.4) is 0 Å². The van der Waals surface area contributed by atoms with Crippen LogP contribution in [0.4, 0.5) is 0 Å². The molecule has 0 unspecified atom stereocenters. The van der Waals surface area contributed by atoms with Gasteiger partial charge in [0.25, 0.3) is 0 Å². The van der Waals surface area contributed by atoms with Gasteiger partial charge >= 0.3 is 5.97 Å². The normalized spacial score (nSPS) is 53.4. The maximum Gasteiger partial charge on any atom is 0.315 e. The molecule has 0 amide bonds. The van der Waals surface area contributed by atoms with Gasteiger partial charge in [-0.25, -0.2) is 0 Å². The van der Waals surface area contributed by atoms with E-state index in [4.69, 9.17) is 9.47 Å². The number of ether oxygens (including phenoxy) is 2. The predicted octanol–water partition coefficient (Wildman–Crippen LogP) is 2.82. The number of allylic oxidation sites excluding steroid dienone is 1. The lowest BCUT2D eigenvalue weighted by atomic mass is 9.33. The average molecular weight is 665 g/mol. The Bertz CT molecular complexity index is 1270. The average Bonchev–Trinajstić information content (AvgIpc) is 2.99. The summed E-state index contributed by atoms with van der Waals surface area (Å²) in [4.78, 5) is 14.5. The molecule has 10 heteroatoms. The fourth-order valence-electron chi connectivity index (χ4n) is 12.3. The van der Waals surface area contributed by atoms with Crippen LogP contribution in [0.5, 0.6) is 0 Å². The molecular formula is C37H60O10. The van der Waals surface area contributed by atoms with Crippen molar-refractivity contribution in [1.82, 2.24) is 0 Å². The zero-order chi connectivity index (χ0) is 34.7. The fraction of sp³-hybridized carbons (Fsp3) is 0.919. The Morgan fingerprint density at radius 1 is 0.851 bits per heavy atom. The van der Waals surface area contributed by atoms with Crippen LogP contribution in [-0.4, -0.2) is 97.3 Å². The third-order valence-corrected chi connectivity index (χ3v) is 15.5. The minimum atomic E-state index is -1.67. The molecule has 1 aliphatic heterocycles. The molecule has 4 saturated carbocycles. The lowest BCUT2D eigenvalue weighted by molar-refractivity contribution is -0.296. The van der Waals surface area contributed by atoms with Crippen molar-refractivity contribution in [3.8, 4) is 0 Å². The highest BCUT2D eigenvalue weighted by Gasteiger charge is 2.71. The summed E-state index contributed by atoms with van der Waals surface area (Å²) in [7, 11) is 0. The molecule has 5 fully saturated rings. The largest absolute Gasteiger partial charge is 0.432 e. The highest BCUT2D eigenvalue weighted by atomic mass is 16.7. The van der Waals surface area contributed by atoms with Crippen LogP contribution in [0, 0.1) is 50.2 Å². The van der Waals surface area contributed by atoms with E-state index in [-0.39, 0.29) is 41.1 Å². The summed E-state index contributed by atoms with van der Waals surface area (Å²) in [6.45, 7) is 15.0. The van der Waals surface area contributed by atoms with Gasteiger partial charge in [-0.3, -0.25) is 4.79 Å². The molecule has 1 saturated heterocycles. The van der Waals surface area contributed by atoms with Crippen LogP contribution < -0.4 is 0 Å². The van der Waals surface area contributed by atoms with Crippen LogP contribution in [0.1, 0.15) is 106 Å². The molecular weight excluding hydrogens is 604 g/mol. The maximum absolute atomic E-state index is 14.5. The summed E-state index contributed by atoms with van der Waals surface area (Å²) in [5, 5.41) is 75.6. The van der Waals surface area contributed by atoms with Crippen molar-refractivity contribution in [3.05, 3.63) is 11.6 Å². The molecule has 6 aliphatic rings. The number of rotatable bonds is 4. The van der Waals surface area contributed by atoms with Gasteiger partial charge in [0.05, 0.1) is 29.8 Å². The van der Waals surface area contributed by atoms with Gasteiger partial charge in [-0.05, 0) is 96.7 Å². The topological polar surface area (TPSA) is 177 Å². The summed E-state index contributed by atoms with van der Waals surface area (Å²) in [6, 6.07) is 0. The molecule has 268 valence electrons. The summed E-state index contributed by atoms with van der Waals surface area (Å²) < 4.78 is 11.7. The number of carbonyl (C=O) groups is 1. The summed E-state index contributed by atoms with van der Waals surface area (Å²) >= 11 is 0. The second kappa shape index (κ2) is 11.5. The third kappa shape index (κ3) is 4.82. The molecule has 5 aliphatic carbocycles. The van der Waals surface area contributed by atoms with E-state index in [2.05, 4.69) is 40.7 Å². The van der Waals surface area contributed by atoms with Crippen molar-refractivity contribution in [2.75, 3.05) is 6.61 Å². The predicted molar refractivity (Wildman–Crippen MR) is 172 cm³/mol. The van der Waals surface area contributed by atoms with Crippen molar-refractivity contribution in [1.29, 1.82) is 0 Å². The van der Waals surface area contributed by atoms with Gasteiger partial charge in [0.2, 0.25) is 6.29 Å². The van der Waals surface area contributed by atoms with Gasteiger partial charge in [0.1, 0.15) is 18.3 Å². The van der Waals surface area contributed by atoms with E-state index in [0.717, 1.165) is 24.8 Å². The molecule has 0 spiro atoms. The van der Waals surface area contributed by atoms with E-state index in [9.17, 15) is 40.5 Å². The van der Waals surface area contributed by atoms with Gasteiger partial charge < -0.3 is 45.2 Å². The lowest BCUT2D eigenvalue weighted by Gasteiger charge is -2.71. The maximum atomic E-state index is 14.5.